The number of rotatable bonds is 2. The molecule has 0 aliphatic rings. The minimum atomic E-state index is -0.0607. The lowest BCUT2D eigenvalue weighted by molar-refractivity contribution is 0.887. The van der Waals surface area contributed by atoms with E-state index in [9.17, 15) is 4.79 Å². The number of H-pyrrole nitrogens is 1. The van der Waals surface area contributed by atoms with Gasteiger partial charge in [0, 0.05) is 23.1 Å². The van der Waals surface area contributed by atoms with Crippen molar-refractivity contribution in [3.8, 4) is 0 Å². The number of nitrogens with zero attached hydrogens (tertiary/aromatic N) is 2. The number of aromatic nitrogens is 3. The van der Waals surface area contributed by atoms with Gasteiger partial charge in [-0.2, -0.15) is 0 Å². The molecular formula is C11H13N3OS. The quantitative estimate of drug-likeness (QED) is 0.862. The van der Waals surface area contributed by atoms with Gasteiger partial charge in [-0.3, -0.25) is 4.79 Å². The summed E-state index contributed by atoms with van der Waals surface area (Å²) in [7, 11) is 0. The zero-order valence-electron chi connectivity index (χ0n) is 9.50. The Bertz CT molecular complexity index is 571. The van der Waals surface area contributed by atoms with E-state index in [2.05, 4.69) is 15.0 Å². The molecule has 2 rings (SSSR count). The van der Waals surface area contributed by atoms with Gasteiger partial charge < -0.3 is 4.98 Å². The standard InChI is InChI=1S/C11H13N3OS/c1-6-7(2)12-10(14-11(6)15)4-9-5-16-8(3)13-9/h5H,4H2,1-3H3,(H,12,14,15). The Hall–Kier alpha value is -1.49. The molecule has 0 radical (unpaired) electrons. The van der Waals surface area contributed by atoms with Crippen molar-refractivity contribution in [2.24, 2.45) is 0 Å². The summed E-state index contributed by atoms with van der Waals surface area (Å²) >= 11 is 1.60. The Morgan fingerprint density at radius 2 is 2.06 bits per heavy atom. The van der Waals surface area contributed by atoms with Gasteiger partial charge in [0.2, 0.25) is 0 Å². The van der Waals surface area contributed by atoms with Gasteiger partial charge in [-0.1, -0.05) is 0 Å². The largest absolute Gasteiger partial charge is 0.310 e. The van der Waals surface area contributed by atoms with Crippen molar-refractivity contribution in [3.05, 3.63) is 43.5 Å². The van der Waals surface area contributed by atoms with Crippen molar-refractivity contribution >= 4 is 11.3 Å². The number of hydrogen-bond donors (Lipinski definition) is 1. The van der Waals surface area contributed by atoms with E-state index in [-0.39, 0.29) is 5.56 Å². The summed E-state index contributed by atoms with van der Waals surface area (Å²) in [4.78, 5) is 23.0. The van der Waals surface area contributed by atoms with Crippen LogP contribution >= 0.6 is 11.3 Å². The Morgan fingerprint density at radius 1 is 1.31 bits per heavy atom. The molecule has 2 aromatic heterocycles. The van der Waals surface area contributed by atoms with Crippen LogP contribution in [0.4, 0.5) is 0 Å². The predicted molar refractivity (Wildman–Crippen MR) is 64.0 cm³/mol. The molecule has 0 amide bonds. The second-order valence-electron chi connectivity index (χ2n) is 3.76. The summed E-state index contributed by atoms with van der Waals surface area (Å²) < 4.78 is 0. The normalized spacial score (nSPS) is 10.7. The van der Waals surface area contributed by atoms with E-state index in [1.54, 1.807) is 18.3 Å². The summed E-state index contributed by atoms with van der Waals surface area (Å²) in [6.45, 7) is 5.59. The SMILES string of the molecule is Cc1nc(Cc2nc(C)c(C)c(=O)[nH]2)cs1. The average Bonchev–Trinajstić information content (AvgIpc) is 2.60. The van der Waals surface area contributed by atoms with Crippen LogP contribution in [0.1, 0.15) is 27.8 Å². The van der Waals surface area contributed by atoms with Crippen LogP contribution in [0, 0.1) is 20.8 Å². The first-order valence-corrected chi connectivity index (χ1v) is 5.91. The molecule has 84 valence electrons. The van der Waals surface area contributed by atoms with Gasteiger partial charge in [0.15, 0.2) is 0 Å². The number of nitrogens with one attached hydrogen (secondary N) is 1. The van der Waals surface area contributed by atoms with E-state index in [4.69, 9.17) is 0 Å². The van der Waals surface area contributed by atoms with Crippen molar-refractivity contribution < 1.29 is 0 Å². The maximum absolute atomic E-state index is 11.5. The van der Waals surface area contributed by atoms with Crippen molar-refractivity contribution in [1.82, 2.24) is 15.0 Å². The molecule has 0 atom stereocenters. The van der Waals surface area contributed by atoms with Gasteiger partial charge in [-0.05, 0) is 20.8 Å². The maximum Gasteiger partial charge on any atom is 0.254 e. The minimum absolute atomic E-state index is 0.0607. The highest BCUT2D eigenvalue weighted by Gasteiger charge is 2.06. The summed E-state index contributed by atoms with van der Waals surface area (Å²) in [6, 6.07) is 0. The van der Waals surface area contributed by atoms with E-state index in [1.165, 1.54) is 0 Å². The lowest BCUT2D eigenvalue weighted by atomic mass is 10.2. The van der Waals surface area contributed by atoms with Gasteiger partial charge in [0.25, 0.3) is 5.56 Å². The van der Waals surface area contributed by atoms with Gasteiger partial charge in [-0.25, -0.2) is 9.97 Å². The van der Waals surface area contributed by atoms with E-state index in [0.29, 0.717) is 17.8 Å². The van der Waals surface area contributed by atoms with Crippen LogP contribution in [0.25, 0.3) is 0 Å². The lowest BCUT2D eigenvalue weighted by Gasteiger charge is -2.02. The fraction of sp³-hybridized carbons (Fsp3) is 0.364. The third-order valence-electron chi connectivity index (χ3n) is 2.46. The minimum Gasteiger partial charge on any atom is -0.310 e. The van der Waals surface area contributed by atoms with Crippen LogP contribution in [-0.4, -0.2) is 15.0 Å². The smallest absolute Gasteiger partial charge is 0.254 e. The van der Waals surface area contributed by atoms with Crippen molar-refractivity contribution in [2.45, 2.75) is 27.2 Å². The van der Waals surface area contributed by atoms with Crippen molar-refractivity contribution in [3.63, 3.8) is 0 Å². The molecule has 0 aliphatic heterocycles. The third kappa shape index (κ3) is 2.19. The molecule has 0 unspecified atom stereocenters. The first-order chi connectivity index (χ1) is 7.56. The van der Waals surface area contributed by atoms with Crippen LogP contribution in [0.5, 0.6) is 0 Å². The van der Waals surface area contributed by atoms with Crippen LogP contribution < -0.4 is 5.56 Å². The Labute approximate surface area is 97.4 Å². The number of aromatic amines is 1. The van der Waals surface area contributed by atoms with Gasteiger partial charge in [0.05, 0.1) is 10.7 Å². The van der Waals surface area contributed by atoms with Crippen molar-refractivity contribution in [1.29, 1.82) is 0 Å². The average molecular weight is 235 g/mol. The Balaban J connectivity index is 2.32. The molecule has 0 aliphatic carbocycles. The molecule has 1 N–H and O–H groups in total. The molecule has 0 saturated heterocycles. The second kappa shape index (κ2) is 4.17. The monoisotopic (exact) mass is 235 g/mol. The van der Waals surface area contributed by atoms with E-state index >= 15 is 0 Å². The van der Waals surface area contributed by atoms with Gasteiger partial charge >= 0.3 is 0 Å². The number of aryl methyl sites for hydroxylation is 2. The van der Waals surface area contributed by atoms with Crippen LogP contribution in [0.15, 0.2) is 10.2 Å². The lowest BCUT2D eigenvalue weighted by Crippen LogP contribution is -2.16. The molecular weight excluding hydrogens is 222 g/mol. The molecule has 4 nitrogen and oxygen atoms in total. The highest BCUT2D eigenvalue weighted by atomic mass is 32.1. The molecule has 2 heterocycles. The first kappa shape index (κ1) is 11.0. The van der Waals surface area contributed by atoms with Crippen LogP contribution in [0.2, 0.25) is 0 Å². The molecule has 0 spiro atoms. The van der Waals surface area contributed by atoms with Crippen molar-refractivity contribution in [2.75, 3.05) is 0 Å². The molecule has 0 fully saturated rings. The summed E-state index contributed by atoms with van der Waals surface area (Å²) in [5, 5.41) is 3.02. The highest BCUT2D eigenvalue weighted by Crippen LogP contribution is 2.10. The summed E-state index contributed by atoms with van der Waals surface area (Å²) in [5.41, 5.74) is 2.35. The zero-order chi connectivity index (χ0) is 11.7. The molecule has 0 bridgehead atoms. The van der Waals surface area contributed by atoms with E-state index in [1.807, 2.05) is 19.2 Å². The third-order valence-corrected chi connectivity index (χ3v) is 3.28. The van der Waals surface area contributed by atoms with Crippen LogP contribution in [0.3, 0.4) is 0 Å². The zero-order valence-corrected chi connectivity index (χ0v) is 10.3. The van der Waals surface area contributed by atoms with E-state index < -0.39 is 0 Å². The predicted octanol–water partition coefficient (Wildman–Crippen LogP) is 1.74. The topological polar surface area (TPSA) is 58.6 Å². The summed E-state index contributed by atoms with van der Waals surface area (Å²) in [5.74, 6) is 0.679. The molecule has 2 aromatic rings. The number of thiazole rings is 1. The maximum atomic E-state index is 11.5. The Morgan fingerprint density at radius 3 is 2.62 bits per heavy atom. The van der Waals surface area contributed by atoms with Gasteiger partial charge in [-0.15, -0.1) is 11.3 Å². The fourth-order valence-corrected chi connectivity index (χ4v) is 2.06. The van der Waals surface area contributed by atoms with Crippen LogP contribution in [-0.2, 0) is 6.42 Å². The fourth-order valence-electron chi connectivity index (χ4n) is 1.45. The second-order valence-corrected chi connectivity index (χ2v) is 4.82. The highest BCUT2D eigenvalue weighted by molar-refractivity contribution is 7.09. The number of hydrogen-bond acceptors (Lipinski definition) is 4. The molecule has 0 saturated carbocycles. The van der Waals surface area contributed by atoms with Gasteiger partial charge in [0.1, 0.15) is 5.82 Å². The molecule has 16 heavy (non-hydrogen) atoms. The molecule has 5 heteroatoms. The van der Waals surface area contributed by atoms with E-state index in [0.717, 1.165) is 16.4 Å². The summed E-state index contributed by atoms with van der Waals surface area (Å²) in [6.07, 6.45) is 0.584. The Kier molecular flexibility index (Phi) is 2.87. The first-order valence-electron chi connectivity index (χ1n) is 5.03. The molecule has 0 aromatic carbocycles.